The van der Waals surface area contributed by atoms with Gasteiger partial charge in [-0.3, -0.25) is 9.69 Å². The smallest absolute Gasteiger partial charge is 0.325 e. The van der Waals surface area contributed by atoms with E-state index in [-0.39, 0.29) is 24.5 Å². The molecule has 1 spiro atoms. The van der Waals surface area contributed by atoms with Gasteiger partial charge in [-0.25, -0.2) is 4.79 Å². The fourth-order valence-corrected chi connectivity index (χ4v) is 4.96. The van der Waals surface area contributed by atoms with E-state index in [0.29, 0.717) is 25.4 Å². The molecule has 0 aromatic carbocycles. The third kappa shape index (κ3) is 4.42. The lowest BCUT2D eigenvalue weighted by Gasteiger charge is -2.42. The first-order chi connectivity index (χ1) is 13.3. The second-order valence-corrected chi connectivity index (χ2v) is 9.82. The molecule has 28 heavy (non-hydrogen) atoms. The number of imide groups is 1. The van der Waals surface area contributed by atoms with Crippen LogP contribution in [-0.4, -0.2) is 46.7 Å². The largest absolute Gasteiger partial charge is 0.389 e. The molecule has 1 aromatic heterocycles. The van der Waals surface area contributed by atoms with E-state index >= 15 is 0 Å². The van der Waals surface area contributed by atoms with Gasteiger partial charge in [0.05, 0.1) is 25.9 Å². The van der Waals surface area contributed by atoms with E-state index < -0.39 is 17.7 Å². The van der Waals surface area contributed by atoms with Crippen LogP contribution in [0.15, 0.2) is 17.5 Å². The second-order valence-electron chi connectivity index (χ2n) is 8.79. The van der Waals surface area contributed by atoms with Crippen molar-refractivity contribution in [3.05, 3.63) is 22.4 Å². The van der Waals surface area contributed by atoms with Crippen LogP contribution in [0.4, 0.5) is 4.79 Å². The maximum Gasteiger partial charge on any atom is 0.325 e. The van der Waals surface area contributed by atoms with Crippen molar-refractivity contribution in [2.75, 3.05) is 13.2 Å². The zero-order valence-electron chi connectivity index (χ0n) is 17.1. The summed E-state index contributed by atoms with van der Waals surface area (Å²) in [5, 5.41) is 15.1. The third-order valence-corrected chi connectivity index (χ3v) is 7.48. The van der Waals surface area contributed by atoms with Crippen LogP contribution in [0.2, 0.25) is 0 Å². The number of β-amino-alcohol motifs (C(OH)–C–C–N with tert-alkyl or cyclic N) is 1. The van der Waals surface area contributed by atoms with Crippen LogP contribution in [0.3, 0.4) is 0 Å². The van der Waals surface area contributed by atoms with Gasteiger partial charge in [0, 0.05) is 4.88 Å². The van der Waals surface area contributed by atoms with Gasteiger partial charge in [-0.15, -0.1) is 11.3 Å². The molecule has 1 aliphatic carbocycles. The molecule has 2 fully saturated rings. The monoisotopic (exact) mass is 408 g/mol. The van der Waals surface area contributed by atoms with Crippen LogP contribution in [-0.2, 0) is 16.1 Å². The van der Waals surface area contributed by atoms with E-state index in [1.165, 1.54) is 4.90 Å². The summed E-state index contributed by atoms with van der Waals surface area (Å²) in [5.41, 5.74) is -0.530. The number of ether oxygens (including phenoxy) is 1. The summed E-state index contributed by atoms with van der Waals surface area (Å²) in [6.45, 7) is 7.26. The number of carbonyl (C=O) groups excluding carboxylic acids is 2. The highest BCUT2D eigenvalue weighted by atomic mass is 32.1. The van der Waals surface area contributed by atoms with Crippen molar-refractivity contribution < 1.29 is 19.4 Å². The number of urea groups is 1. The van der Waals surface area contributed by atoms with Gasteiger partial charge in [-0.1, -0.05) is 33.3 Å². The molecule has 1 aromatic rings. The number of nitrogens with one attached hydrogen (secondary N) is 1. The maximum absolute atomic E-state index is 13.0. The predicted octanol–water partition coefficient (Wildman–Crippen LogP) is 3.54. The van der Waals surface area contributed by atoms with Crippen molar-refractivity contribution in [1.29, 1.82) is 0 Å². The lowest BCUT2D eigenvalue weighted by molar-refractivity contribution is -0.134. The summed E-state index contributed by atoms with van der Waals surface area (Å²) in [7, 11) is 0. The Morgan fingerprint density at radius 3 is 2.71 bits per heavy atom. The first kappa shape index (κ1) is 21.3. The second kappa shape index (κ2) is 8.51. The molecule has 1 saturated heterocycles. The van der Waals surface area contributed by atoms with Crippen molar-refractivity contribution in [2.45, 2.75) is 71.1 Å². The average molecular weight is 409 g/mol. The fourth-order valence-electron chi connectivity index (χ4n) is 4.32. The van der Waals surface area contributed by atoms with Gasteiger partial charge in [-0.05, 0) is 48.5 Å². The van der Waals surface area contributed by atoms with Gasteiger partial charge >= 0.3 is 6.03 Å². The molecule has 2 aliphatic rings. The molecule has 2 N–H and O–H groups in total. The number of aliphatic hydroxyl groups excluding tert-OH is 1. The molecule has 0 unspecified atom stereocenters. The molecule has 3 amide bonds. The Hall–Kier alpha value is -1.44. The van der Waals surface area contributed by atoms with Crippen LogP contribution in [0.25, 0.3) is 0 Å². The zero-order chi connectivity index (χ0) is 20.4. The lowest BCUT2D eigenvalue weighted by atomic mass is 9.65. The van der Waals surface area contributed by atoms with Gasteiger partial charge in [0.25, 0.3) is 5.91 Å². The summed E-state index contributed by atoms with van der Waals surface area (Å²) in [4.78, 5) is 27.7. The van der Waals surface area contributed by atoms with Gasteiger partial charge in [0.2, 0.25) is 0 Å². The van der Waals surface area contributed by atoms with E-state index in [9.17, 15) is 14.7 Å². The summed E-state index contributed by atoms with van der Waals surface area (Å²) in [5.74, 6) is 0.376. The topological polar surface area (TPSA) is 78.9 Å². The quantitative estimate of drug-likeness (QED) is 0.645. The van der Waals surface area contributed by atoms with Crippen molar-refractivity contribution in [1.82, 2.24) is 10.2 Å². The molecule has 0 bridgehead atoms. The standard InChI is InChI=1S/C21H32N2O4S/c1-4-20(2,3)15-7-9-21(10-8-15)18(25)23(19(26)22-21)12-16(24)13-27-14-17-6-5-11-28-17/h5-6,11,15-16,24H,4,7-10,12-14H2,1-3H3,(H,22,26)/t15?,16-,21?/m1/s1. The van der Waals surface area contributed by atoms with Crippen LogP contribution in [0.1, 0.15) is 57.8 Å². The SMILES string of the molecule is CCC(C)(C)C1CCC2(CC1)NC(=O)N(C[C@@H](O)COCc1cccs1)C2=O. The van der Waals surface area contributed by atoms with Gasteiger partial charge in [0.1, 0.15) is 5.54 Å². The van der Waals surface area contributed by atoms with Crippen molar-refractivity contribution in [3.63, 3.8) is 0 Å². The fraction of sp³-hybridized carbons (Fsp3) is 0.714. The predicted molar refractivity (Wildman–Crippen MR) is 109 cm³/mol. The molecule has 2 heterocycles. The maximum atomic E-state index is 13.0. The van der Waals surface area contributed by atoms with Crippen molar-refractivity contribution >= 4 is 23.3 Å². The summed E-state index contributed by atoms with van der Waals surface area (Å²) < 4.78 is 5.51. The van der Waals surface area contributed by atoms with Gasteiger partial charge in [0.15, 0.2) is 0 Å². The minimum atomic E-state index is -0.889. The molecule has 7 heteroatoms. The van der Waals surface area contributed by atoms with Crippen molar-refractivity contribution in [3.8, 4) is 0 Å². The zero-order valence-corrected chi connectivity index (χ0v) is 17.9. The van der Waals surface area contributed by atoms with E-state index in [1.807, 2.05) is 17.5 Å². The molecule has 1 atom stereocenters. The Morgan fingerprint density at radius 1 is 1.39 bits per heavy atom. The number of carbonyl (C=O) groups is 2. The number of hydrogen-bond acceptors (Lipinski definition) is 5. The van der Waals surface area contributed by atoms with E-state index in [2.05, 4.69) is 26.1 Å². The number of thiophene rings is 1. The van der Waals surface area contributed by atoms with Gasteiger partial charge in [-0.2, -0.15) is 0 Å². The molecule has 0 radical (unpaired) electrons. The lowest BCUT2D eigenvalue weighted by Crippen LogP contribution is -2.51. The third-order valence-electron chi connectivity index (χ3n) is 6.63. The normalized spacial score (nSPS) is 26.7. The molecule has 1 aliphatic heterocycles. The summed E-state index contributed by atoms with van der Waals surface area (Å²) >= 11 is 1.59. The Kier molecular flexibility index (Phi) is 6.47. The van der Waals surface area contributed by atoms with Crippen molar-refractivity contribution in [2.24, 2.45) is 11.3 Å². The average Bonchev–Trinajstić information content (AvgIpc) is 3.25. The molecule has 156 valence electrons. The van der Waals surface area contributed by atoms with Crippen LogP contribution >= 0.6 is 11.3 Å². The van der Waals surface area contributed by atoms with E-state index in [1.54, 1.807) is 11.3 Å². The van der Waals surface area contributed by atoms with Crippen LogP contribution in [0, 0.1) is 11.3 Å². The highest BCUT2D eigenvalue weighted by molar-refractivity contribution is 7.09. The van der Waals surface area contributed by atoms with Crippen LogP contribution < -0.4 is 5.32 Å². The number of rotatable bonds is 8. The number of amides is 3. The number of nitrogens with zero attached hydrogens (tertiary/aromatic N) is 1. The Balaban J connectivity index is 1.52. The minimum absolute atomic E-state index is 0.0270. The molecular formula is C21H32N2O4S. The number of hydrogen-bond donors (Lipinski definition) is 2. The molecule has 3 rings (SSSR count). The van der Waals surface area contributed by atoms with E-state index in [4.69, 9.17) is 4.74 Å². The summed E-state index contributed by atoms with van der Waals surface area (Å²) in [6, 6.07) is 3.52. The highest BCUT2D eigenvalue weighted by Crippen LogP contribution is 2.45. The molecular weight excluding hydrogens is 376 g/mol. The molecule has 6 nitrogen and oxygen atoms in total. The van der Waals surface area contributed by atoms with Crippen LogP contribution in [0.5, 0.6) is 0 Å². The summed E-state index contributed by atoms with van der Waals surface area (Å²) in [6.07, 6.45) is 3.44. The number of aliphatic hydroxyl groups is 1. The Morgan fingerprint density at radius 2 is 2.11 bits per heavy atom. The molecule has 1 saturated carbocycles. The van der Waals surface area contributed by atoms with Gasteiger partial charge < -0.3 is 15.2 Å². The minimum Gasteiger partial charge on any atom is -0.389 e. The Labute approximate surface area is 171 Å². The first-order valence-electron chi connectivity index (χ1n) is 10.2. The Bertz CT molecular complexity index is 681. The van der Waals surface area contributed by atoms with E-state index in [0.717, 1.165) is 24.1 Å². The highest BCUT2D eigenvalue weighted by Gasteiger charge is 2.53. The first-order valence-corrected chi connectivity index (χ1v) is 11.1.